The van der Waals surface area contributed by atoms with Crippen LogP contribution in [0, 0.1) is 11.3 Å². The molecule has 0 spiro atoms. The normalized spacial score (nSPS) is 17.5. The van der Waals surface area contributed by atoms with Crippen molar-refractivity contribution < 1.29 is 9.47 Å². The summed E-state index contributed by atoms with van der Waals surface area (Å²) < 4.78 is 12.0. The molecule has 0 fully saturated rings. The summed E-state index contributed by atoms with van der Waals surface area (Å²) in [5, 5.41) is 0. The fraction of sp³-hybridized carbons (Fsp3) is 1.00. The molecule has 0 aliphatic heterocycles. The van der Waals surface area contributed by atoms with Gasteiger partial charge in [0.2, 0.25) is 0 Å². The van der Waals surface area contributed by atoms with Gasteiger partial charge in [0.15, 0.2) is 0 Å². The number of ether oxygens (including phenoxy) is 2. The predicted molar refractivity (Wildman–Crippen MR) is 83.6 cm³/mol. The maximum atomic E-state index is 6.30. The Bertz CT molecular complexity index is 235. The molecule has 116 valence electrons. The topological polar surface area (TPSA) is 18.5 Å². The Labute approximate surface area is 121 Å². The highest BCUT2D eigenvalue weighted by molar-refractivity contribution is 4.90. The van der Waals surface area contributed by atoms with Crippen molar-refractivity contribution in [2.75, 3.05) is 13.2 Å². The van der Waals surface area contributed by atoms with Crippen molar-refractivity contribution in [3.05, 3.63) is 0 Å². The van der Waals surface area contributed by atoms with Crippen LogP contribution >= 0.6 is 0 Å². The van der Waals surface area contributed by atoms with Crippen LogP contribution in [0.3, 0.4) is 0 Å². The summed E-state index contributed by atoms with van der Waals surface area (Å²) in [4.78, 5) is 0. The first-order valence-corrected chi connectivity index (χ1v) is 7.94. The van der Waals surface area contributed by atoms with Crippen LogP contribution in [0.4, 0.5) is 0 Å². The number of hydrogen-bond donors (Lipinski definition) is 0. The van der Waals surface area contributed by atoms with E-state index in [4.69, 9.17) is 9.47 Å². The van der Waals surface area contributed by atoms with Gasteiger partial charge in [0.05, 0.1) is 11.7 Å². The van der Waals surface area contributed by atoms with Crippen LogP contribution in [0.5, 0.6) is 0 Å². The molecule has 2 nitrogen and oxygen atoms in total. The molecule has 0 saturated heterocycles. The van der Waals surface area contributed by atoms with E-state index >= 15 is 0 Å². The molecular weight excluding hydrogens is 236 g/mol. The average molecular weight is 272 g/mol. The molecule has 0 aliphatic rings. The zero-order valence-electron chi connectivity index (χ0n) is 14.5. The molecule has 0 heterocycles. The highest BCUT2D eigenvalue weighted by Gasteiger charge is 2.40. The third-order valence-corrected chi connectivity index (χ3v) is 4.67. The van der Waals surface area contributed by atoms with Gasteiger partial charge in [-0.15, -0.1) is 0 Å². The summed E-state index contributed by atoms with van der Waals surface area (Å²) in [7, 11) is 0. The second-order valence-electron chi connectivity index (χ2n) is 6.96. The van der Waals surface area contributed by atoms with Crippen molar-refractivity contribution in [1.29, 1.82) is 0 Å². The fourth-order valence-corrected chi connectivity index (χ4v) is 2.03. The lowest BCUT2D eigenvalue weighted by Gasteiger charge is -2.44. The van der Waals surface area contributed by atoms with E-state index in [0.717, 1.165) is 26.1 Å². The van der Waals surface area contributed by atoms with Crippen LogP contribution in [0.15, 0.2) is 0 Å². The minimum Gasteiger partial charge on any atom is -0.379 e. The molecule has 0 bridgehead atoms. The van der Waals surface area contributed by atoms with Gasteiger partial charge in [-0.1, -0.05) is 41.0 Å². The molecule has 0 rings (SSSR count). The van der Waals surface area contributed by atoms with E-state index in [9.17, 15) is 0 Å². The zero-order valence-corrected chi connectivity index (χ0v) is 14.5. The quantitative estimate of drug-likeness (QED) is 0.553. The molecule has 2 atom stereocenters. The Hall–Kier alpha value is -0.0800. The Morgan fingerprint density at radius 3 is 2.00 bits per heavy atom. The van der Waals surface area contributed by atoms with E-state index < -0.39 is 0 Å². The standard InChI is InChI=1S/C17H36O2/c1-9-15(5)13-19-17(8,10-2)16(6,7)11-12-18-14(3)4/h14-15H,9-13H2,1-8H3. The second-order valence-corrected chi connectivity index (χ2v) is 6.96. The van der Waals surface area contributed by atoms with Crippen molar-refractivity contribution in [2.24, 2.45) is 11.3 Å². The predicted octanol–water partition coefficient (Wildman–Crippen LogP) is 5.06. The maximum Gasteiger partial charge on any atom is 0.0703 e. The van der Waals surface area contributed by atoms with Gasteiger partial charge in [-0.05, 0) is 44.9 Å². The second kappa shape index (κ2) is 8.26. The zero-order chi connectivity index (χ0) is 15.1. The Morgan fingerprint density at radius 1 is 1.00 bits per heavy atom. The van der Waals surface area contributed by atoms with Crippen LogP contribution < -0.4 is 0 Å². The lowest BCUT2D eigenvalue weighted by atomic mass is 9.72. The van der Waals surface area contributed by atoms with E-state index in [1.807, 2.05) is 0 Å². The van der Waals surface area contributed by atoms with Crippen LogP contribution in [-0.4, -0.2) is 24.9 Å². The van der Waals surface area contributed by atoms with Crippen molar-refractivity contribution in [3.8, 4) is 0 Å². The molecular formula is C17H36O2. The van der Waals surface area contributed by atoms with Gasteiger partial charge in [-0.25, -0.2) is 0 Å². The molecule has 0 aromatic heterocycles. The molecule has 19 heavy (non-hydrogen) atoms. The largest absolute Gasteiger partial charge is 0.379 e. The van der Waals surface area contributed by atoms with Gasteiger partial charge in [0, 0.05) is 13.2 Å². The smallest absolute Gasteiger partial charge is 0.0703 e. The summed E-state index contributed by atoms with van der Waals surface area (Å²) in [5.74, 6) is 0.633. The molecule has 0 radical (unpaired) electrons. The van der Waals surface area contributed by atoms with Gasteiger partial charge < -0.3 is 9.47 Å². The Balaban J connectivity index is 4.50. The van der Waals surface area contributed by atoms with E-state index in [2.05, 4.69) is 55.4 Å². The van der Waals surface area contributed by atoms with Gasteiger partial charge in [0.25, 0.3) is 0 Å². The molecule has 0 aliphatic carbocycles. The highest BCUT2D eigenvalue weighted by Crippen LogP contribution is 2.40. The summed E-state index contributed by atoms with van der Waals surface area (Å²) >= 11 is 0. The van der Waals surface area contributed by atoms with Gasteiger partial charge >= 0.3 is 0 Å². The first-order chi connectivity index (χ1) is 8.68. The van der Waals surface area contributed by atoms with Crippen molar-refractivity contribution in [1.82, 2.24) is 0 Å². The average Bonchev–Trinajstić information content (AvgIpc) is 2.34. The molecule has 0 N–H and O–H groups in total. The van der Waals surface area contributed by atoms with Crippen LogP contribution in [-0.2, 0) is 9.47 Å². The van der Waals surface area contributed by atoms with Gasteiger partial charge in [-0.3, -0.25) is 0 Å². The number of rotatable bonds is 10. The minimum absolute atomic E-state index is 0.0726. The summed E-state index contributed by atoms with van der Waals surface area (Å²) in [6.07, 6.45) is 3.56. The molecule has 2 unspecified atom stereocenters. The van der Waals surface area contributed by atoms with Crippen molar-refractivity contribution in [2.45, 2.75) is 86.4 Å². The van der Waals surface area contributed by atoms with Crippen LogP contribution in [0.1, 0.15) is 74.7 Å². The third-order valence-electron chi connectivity index (χ3n) is 4.67. The lowest BCUT2D eigenvalue weighted by molar-refractivity contribution is -0.131. The maximum absolute atomic E-state index is 6.30. The first-order valence-electron chi connectivity index (χ1n) is 7.94. The molecule has 0 aromatic rings. The third kappa shape index (κ3) is 6.27. The van der Waals surface area contributed by atoms with E-state index in [1.54, 1.807) is 0 Å². The minimum atomic E-state index is -0.0726. The van der Waals surface area contributed by atoms with Gasteiger partial charge in [-0.2, -0.15) is 0 Å². The van der Waals surface area contributed by atoms with Crippen LogP contribution in [0.2, 0.25) is 0 Å². The van der Waals surface area contributed by atoms with Crippen molar-refractivity contribution >= 4 is 0 Å². The molecule has 0 saturated carbocycles. The molecule has 0 aromatic carbocycles. The van der Waals surface area contributed by atoms with E-state index in [-0.39, 0.29) is 11.0 Å². The first kappa shape index (κ1) is 18.9. The number of hydrogen-bond acceptors (Lipinski definition) is 2. The summed E-state index contributed by atoms with van der Waals surface area (Å²) in [5.41, 5.74) is 0.0564. The van der Waals surface area contributed by atoms with Crippen LogP contribution in [0.25, 0.3) is 0 Å². The fourth-order valence-electron chi connectivity index (χ4n) is 2.03. The highest BCUT2D eigenvalue weighted by atomic mass is 16.5. The monoisotopic (exact) mass is 272 g/mol. The van der Waals surface area contributed by atoms with Gasteiger partial charge in [0.1, 0.15) is 0 Å². The van der Waals surface area contributed by atoms with Crippen molar-refractivity contribution in [3.63, 3.8) is 0 Å². The van der Waals surface area contributed by atoms with E-state index in [1.165, 1.54) is 6.42 Å². The Kier molecular flexibility index (Phi) is 8.23. The SMILES string of the molecule is CCC(C)COC(C)(CC)C(C)(C)CCOC(C)C. The molecule has 0 amide bonds. The summed E-state index contributed by atoms with van der Waals surface area (Å²) in [6.45, 7) is 19.4. The molecule has 2 heteroatoms. The van der Waals surface area contributed by atoms with E-state index in [0.29, 0.717) is 12.0 Å². The lowest BCUT2D eigenvalue weighted by Crippen LogP contribution is -2.45. The summed E-state index contributed by atoms with van der Waals surface area (Å²) in [6, 6.07) is 0. The Morgan fingerprint density at radius 2 is 1.58 bits per heavy atom.